The van der Waals surface area contributed by atoms with Crippen LogP contribution in [0, 0.1) is 0 Å². The smallest absolute Gasteiger partial charge is 0.368 e. The Labute approximate surface area is 160 Å². The minimum absolute atomic E-state index is 0.514. The van der Waals surface area contributed by atoms with Gasteiger partial charge in [0.05, 0.1) is 5.56 Å². The van der Waals surface area contributed by atoms with Gasteiger partial charge in [-0.15, -0.1) is 0 Å². The van der Waals surface area contributed by atoms with Crippen LogP contribution in [0.2, 0.25) is 5.02 Å². The molecule has 3 rings (SSSR count). The molecule has 0 saturated carbocycles. The summed E-state index contributed by atoms with van der Waals surface area (Å²) in [5, 5.41) is 4.22. The minimum atomic E-state index is -4.34. The lowest BCUT2D eigenvalue weighted by Gasteiger charge is -2.37. The van der Waals surface area contributed by atoms with Crippen molar-refractivity contribution in [3.63, 3.8) is 0 Å². The summed E-state index contributed by atoms with van der Waals surface area (Å²) in [6, 6.07) is 12.6. The van der Waals surface area contributed by atoms with E-state index in [4.69, 9.17) is 23.8 Å². The number of alkyl halides is 3. The first-order valence-corrected chi connectivity index (χ1v) is 8.85. The molecule has 0 spiro atoms. The topological polar surface area (TPSA) is 18.5 Å². The van der Waals surface area contributed by atoms with Gasteiger partial charge < -0.3 is 15.1 Å². The van der Waals surface area contributed by atoms with Crippen LogP contribution >= 0.6 is 23.8 Å². The molecule has 26 heavy (non-hydrogen) atoms. The van der Waals surface area contributed by atoms with Gasteiger partial charge >= 0.3 is 6.18 Å². The van der Waals surface area contributed by atoms with E-state index in [1.54, 1.807) is 0 Å². The van der Waals surface area contributed by atoms with Crippen LogP contribution < -0.4 is 10.2 Å². The molecular formula is C18H17ClF3N3S. The van der Waals surface area contributed by atoms with E-state index in [2.05, 4.69) is 10.2 Å². The van der Waals surface area contributed by atoms with Crippen molar-refractivity contribution in [2.45, 2.75) is 6.18 Å². The molecule has 0 atom stereocenters. The number of halogens is 4. The van der Waals surface area contributed by atoms with Crippen LogP contribution in [0.1, 0.15) is 5.56 Å². The molecule has 1 saturated heterocycles. The Bertz CT molecular complexity index is 755. The van der Waals surface area contributed by atoms with Gasteiger partial charge in [-0.05, 0) is 60.7 Å². The normalized spacial score (nSPS) is 15.1. The van der Waals surface area contributed by atoms with Gasteiger partial charge in [-0.25, -0.2) is 0 Å². The van der Waals surface area contributed by atoms with Gasteiger partial charge in [0.1, 0.15) is 0 Å². The summed E-state index contributed by atoms with van der Waals surface area (Å²) in [5.74, 6) is 0. The highest BCUT2D eigenvalue weighted by atomic mass is 35.5. The second kappa shape index (κ2) is 7.72. The van der Waals surface area contributed by atoms with Gasteiger partial charge in [-0.3, -0.25) is 0 Å². The predicted molar refractivity (Wildman–Crippen MR) is 103 cm³/mol. The molecule has 1 N–H and O–H groups in total. The van der Waals surface area contributed by atoms with Crippen molar-refractivity contribution >= 4 is 40.3 Å². The molecule has 2 aromatic rings. The molecule has 1 aliphatic heterocycles. The van der Waals surface area contributed by atoms with E-state index in [1.807, 2.05) is 29.2 Å². The number of thiocarbonyl (C=S) groups is 1. The quantitative estimate of drug-likeness (QED) is 0.725. The average molecular weight is 400 g/mol. The summed E-state index contributed by atoms with van der Waals surface area (Å²) in [6.07, 6.45) is -4.34. The lowest BCUT2D eigenvalue weighted by atomic mass is 10.2. The maximum absolute atomic E-state index is 12.6. The lowest BCUT2D eigenvalue weighted by Crippen LogP contribution is -2.50. The average Bonchev–Trinajstić information content (AvgIpc) is 2.62. The summed E-state index contributed by atoms with van der Waals surface area (Å²) < 4.78 is 37.8. The van der Waals surface area contributed by atoms with E-state index in [-0.39, 0.29) is 0 Å². The summed E-state index contributed by atoms with van der Waals surface area (Å²) in [5.41, 5.74) is 0.976. The Morgan fingerprint density at radius 3 is 2.04 bits per heavy atom. The molecule has 0 amide bonds. The molecule has 3 nitrogen and oxygen atoms in total. The molecule has 1 aliphatic rings. The van der Waals surface area contributed by atoms with Crippen LogP contribution in [-0.4, -0.2) is 36.2 Å². The van der Waals surface area contributed by atoms with E-state index in [1.165, 1.54) is 12.1 Å². The molecule has 0 aromatic heterocycles. The van der Waals surface area contributed by atoms with Crippen molar-refractivity contribution in [3.8, 4) is 0 Å². The lowest BCUT2D eigenvalue weighted by molar-refractivity contribution is -0.137. The first kappa shape index (κ1) is 18.8. The van der Waals surface area contributed by atoms with Crippen LogP contribution in [0.5, 0.6) is 0 Å². The molecule has 0 aliphatic carbocycles. The largest absolute Gasteiger partial charge is 0.416 e. The molecule has 1 heterocycles. The standard InChI is InChI=1S/C18H17ClF3N3S/c19-14-3-7-16(8-4-14)24-9-11-25(12-10-24)17(26)23-15-5-1-13(2-6-15)18(20,21)22/h1-8H,9-12H2,(H,23,26). The van der Waals surface area contributed by atoms with Gasteiger partial charge in [0.25, 0.3) is 0 Å². The van der Waals surface area contributed by atoms with Crippen molar-refractivity contribution in [2.24, 2.45) is 0 Å². The van der Waals surface area contributed by atoms with Gasteiger partial charge in [-0.1, -0.05) is 11.6 Å². The van der Waals surface area contributed by atoms with Gasteiger partial charge in [-0.2, -0.15) is 13.2 Å². The first-order chi connectivity index (χ1) is 12.3. The zero-order chi connectivity index (χ0) is 18.7. The maximum Gasteiger partial charge on any atom is 0.416 e. The number of hydrogen-bond donors (Lipinski definition) is 1. The number of hydrogen-bond acceptors (Lipinski definition) is 2. The third-order valence-electron chi connectivity index (χ3n) is 4.22. The predicted octanol–water partition coefficient (Wildman–Crippen LogP) is 4.88. The maximum atomic E-state index is 12.6. The molecule has 1 fully saturated rings. The van der Waals surface area contributed by atoms with Gasteiger partial charge in [0.15, 0.2) is 5.11 Å². The highest BCUT2D eigenvalue weighted by molar-refractivity contribution is 7.80. The summed E-state index contributed by atoms with van der Waals surface area (Å²) in [7, 11) is 0. The molecule has 0 radical (unpaired) electrons. The second-order valence-corrected chi connectivity index (χ2v) is 6.78. The Hall–Kier alpha value is -1.99. The fourth-order valence-electron chi connectivity index (χ4n) is 2.76. The highest BCUT2D eigenvalue weighted by Gasteiger charge is 2.30. The van der Waals surface area contributed by atoms with Crippen LogP contribution in [0.3, 0.4) is 0 Å². The van der Waals surface area contributed by atoms with E-state index < -0.39 is 11.7 Å². The van der Waals surface area contributed by atoms with Gasteiger partial charge in [0.2, 0.25) is 0 Å². The van der Waals surface area contributed by atoms with Crippen LogP contribution in [0.25, 0.3) is 0 Å². The van der Waals surface area contributed by atoms with E-state index >= 15 is 0 Å². The highest BCUT2D eigenvalue weighted by Crippen LogP contribution is 2.30. The fraction of sp³-hybridized carbons (Fsp3) is 0.278. The molecule has 8 heteroatoms. The number of anilines is 2. The monoisotopic (exact) mass is 399 g/mol. The molecule has 2 aromatic carbocycles. The van der Waals surface area contributed by atoms with Crippen molar-refractivity contribution in [2.75, 3.05) is 36.4 Å². The minimum Gasteiger partial charge on any atom is -0.368 e. The van der Waals surface area contributed by atoms with E-state index in [0.717, 1.165) is 44.0 Å². The molecule has 0 bridgehead atoms. The van der Waals surface area contributed by atoms with Crippen LogP contribution in [-0.2, 0) is 6.18 Å². The van der Waals surface area contributed by atoms with Crippen LogP contribution in [0.4, 0.5) is 24.5 Å². The fourth-order valence-corrected chi connectivity index (χ4v) is 3.19. The first-order valence-electron chi connectivity index (χ1n) is 8.06. The number of benzene rings is 2. The Balaban J connectivity index is 1.54. The number of rotatable bonds is 2. The van der Waals surface area contributed by atoms with Gasteiger partial charge in [0, 0.05) is 42.6 Å². The third-order valence-corrected chi connectivity index (χ3v) is 4.83. The molecular weight excluding hydrogens is 383 g/mol. The number of piperazine rings is 1. The van der Waals surface area contributed by atoms with E-state index in [0.29, 0.717) is 15.8 Å². The van der Waals surface area contributed by atoms with Crippen molar-refractivity contribution in [1.82, 2.24) is 4.90 Å². The SMILES string of the molecule is FC(F)(F)c1ccc(NC(=S)N2CCN(c3ccc(Cl)cc3)CC2)cc1. The summed E-state index contributed by atoms with van der Waals surface area (Å²) in [4.78, 5) is 4.26. The van der Waals surface area contributed by atoms with Crippen LogP contribution in [0.15, 0.2) is 48.5 Å². The Morgan fingerprint density at radius 2 is 1.50 bits per heavy atom. The summed E-state index contributed by atoms with van der Waals surface area (Å²) >= 11 is 11.3. The molecule has 0 unspecified atom stereocenters. The van der Waals surface area contributed by atoms with E-state index in [9.17, 15) is 13.2 Å². The zero-order valence-corrected chi connectivity index (χ0v) is 15.3. The molecule has 138 valence electrons. The number of nitrogens with zero attached hydrogens (tertiary/aromatic N) is 2. The Kier molecular flexibility index (Phi) is 5.58. The zero-order valence-electron chi connectivity index (χ0n) is 13.8. The van der Waals surface area contributed by atoms with Crippen molar-refractivity contribution in [3.05, 3.63) is 59.1 Å². The second-order valence-electron chi connectivity index (χ2n) is 5.96. The Morgan fingerprint density at radius 1 is 0.923 bits per heavy atom. The van der Waals surface area contributed by atoms with Crippen molar-refractivity contribution < 1.29 is 13.2 Å². The number of nitrogens with one attached hydrogen (secondary N) is 1. The third kappa shape index (κ3) is 4.59. The summed E-state index contributed by atoms with van der Waals surface area (Å²) in [6.45, 7) is 3.07. The van der Waals surface area contributed by atoms with Crippen molar-refractivity contribution in [1.29, 1.82) is 0 Å².